The van der Waals surface area contributed by atoms with E-state index in [1.54, 1.807) is 43.3 Å². The van der Waals surface area contributed by atoms with Gasteiger partial charge in [-0.15, -0.1) is 0 Å². The number of carbonyl (C=O) groups excluding carboxylic acids is 1. The Kier molecular flexibility index (Phi) is 6.85. The Balaban J connectivity index is 1.69. The van der Waals surface area contributed by atoms with Crippen molar-refractivity contribution >= 4 is 51.8 Å². The molecule has 0 aliphatic carbocycles. The quantitative estimate of drug-likeness (QED) is 0.229. The molecule has 34 heavy (non-hydrogen) atoms. The number of hydrogen-bond acceptors (Lipinski definition) is 8. The second-order valence-electron chi connectivity index (χ2n) is 6.93. The summed E-state index contributed by atoms with van der Waals surface area (Å²) >= 11 is 6.98. The lowest BCUT2D eigenvalue weighted by atomic mass is 10.1. The lowest BCUT2D eigenvalue weighted by Gasteiger charge is -2.03. The van der Waals surface area contributed by atoms with Crippen molar-refractivity contribution in [3.63, 3.8) is 0 Å². The van der Waals surface area contributed by atoms with E-state index < -0.39 is 10.9 Å². The summed E-state index contributed by atoms with van der Waals surface area (Å²) in [7, 11) is 0. The van der Waals surface area contributed by atoms with E-state index in [1.807, 2.05) is 18.2 Å². The largest absolute Gasteiger partial charge is 0.506 e. The first-order valence-corrected chi connectivity index (χ1v) is 11.3. The minimum atomic E-state index is -0.681. The van der Waals surface area contributed by atoms with Gasteiger partial charge in [-0.3, -0.25) is 10.1 Å². The average Bonchev–Trinajstić information content (AvgIpc) is 3.39. The van der Waals surface area contributed by atoms with Gasteiger partial charge in [0.15, 0.2) is 0 Å². The first-order valence-electron chi connectivity index (χ1n) is 10.1. The molecule has 10 heteroatoms. The predicted molar refractivity (Wildman–Crippen MR) is 131 cm³/mol. The monoisotopic (exact) mass is 496 g/mol. The summed E-state index contributed by atoms with van der Waals surface area (Å²) in [6.45, 7) is 1.82. The summed E-state index contributed by atoms with van der Waals surface area (Å²) in [5.74, 6) is -0.204. The van der Waals surface area contributed by atoms with E-state index in [-0.39, 0.29) is 28.6 Å². The van der Waals surface area contributed by atoms with Crippen LogP contribution in [0.2, 0.25) is 5.02 Å². The molecule has 2 aromatic carbocycles. The van der Waals surface area contributed by atoms with Gasteiger partial charge in [-0.05, 0) is 49.4 Å². The Labute approximate surface area is 203 Å². The number of aliphatic hydroxyl groups is 1. The fraction of sp³-hybridized carbons (Fsp3) is 0.0833. The molecule has 0 saturated carbocycles. The third kappa shape index (κ3) is 4.90. The number of hydrogen-bond donors (Lipinski definition) is 1. The van der Waals surface area contributed by atoms with Crippen molar-refractivity contribution in [1.29, 1.82) is 0 Å². The van der Waals surface area contributed by atoms with Crippen molar-refractivity contribution in [3.8, 4) is 11.3 Å². The minimum Gasteiger partial charge on any atom is -0.506 e. The fourth-order valence-corrected chi connectivity index (χ4v) is 4.33. The normalized spacial score (nSPS) is 15.8. The summed E-state index contributed by atoms with van der Waals surface area (Å²) in [5.41, 5.74) is 0.828. The molecule has 172 valence electrons. The smallest absolute Gasteiger partial charge is 0.344 e. The number of ether oxygens (including phenoxy) is 1. The van der Waals surface area contributed by atoms with Crippen LogP contribution in [0.25, 0.3) is 17.4 Å². The van der Waals surface area contributed by atoms with Gasteiger partial charge in [0.1, 0.15) is 32.9 Å². The van der Waals surface area contributed by atoms with Gasteiger partial charge in [-0.2, -0.15) is 0 Å². The zero-order valence-corrected chi connectivity index (χ0v) is 19.3. The van der Waals surface area contributed by atoms with Gasteiger partial charge in [-0.1, -0.05) is 41.6 Å². The van der Waals surface area contributed by atoms with Crippen LogP contribution in [0.5, 0.6) is 0 Å². The number of rotatable bonds is 6. The van der Waals surface area contributed by atoms with E-state index in [2.05, 4.69) is 4.99 Å². The highest BCUT2D eigenvalue weighted by atomic mass is 35.5. The molecule has 0 atom stereocenters. The van der Waals surface area contributed by atoms with Gasteiger partial charge < -0.3 is 14.3 Å². The molecule has 1 N–H and O–H groups in total. The Morgan fingerprint density at radius 2 is 2.00 bits per heavy atom. The molecule has 1 aliphatic rings. The molecule has 0 radical (unpaired) electrons. The van der Waals surface area contributed by atoms with E-state index in [0.717, 1.165) is 11.8 Å². The summed E-state index contributed by atoms with van der Waals surface area (Å²) < 4.78 is 10.9. The summed E-state index contributed by atoms with van der Waals surface area (Å²) in [5, 5.41) is 22.3. The highest BCUT2D eigenvalue weighted by molar-refractivity contribution is 8.18. The zero-order valence-electron chi connectivity index (χ0n) is 17.7. The molecule has 0 spiro atoms. The van der Waals surface area contributed by atoms with E-state index >= 15 is 0 Å². The van der Waals surface area contributed by atoms with Gasteiger partial charge in [-0.25, -0.2) is 9.79 Å². The van der Waals surface area contributed by atoms with Crippen molar-refractivity contribution in [2.75, 3.05) is 6.61 Å². The topological polar surface area (TPSA) is 115 Å². The van der Waals surface area contributed by atoms with Crippen LogP contribution in [-0.4, -0.2) is 27.6 Å². The van der Waals surface area contributed by atoms with Gasteiger partial charge in [0.2, 0.25) is 0 Å². The maximum Gasteiger partial charge on any atom is 0.344 e. The number of furan rings is 1. The molecule has 1 aliphatic heterocycles. The molecule has 0 fully saturated rings. The van der Waals surface area contributed by atoms with E-state index in [0.29, 0.717) is 32.7 Å². The number of thioether (sulfide) groups is 1. The molecule has 8 nitrogen and oxygen atoms in total. The van der Waals surface area contributed by atoms with E-state index in [4.69, 9.17) is 20.8 Å². The Bertz CT molecular complexity index is 1360. The number of carbonyl (C=O) groups is 1. The molecular weight excluding hydrogens is 480 g/mol. The van der Waals surface area contributed by atoms with Crippen molar-refractivity contribution in [2.24, 2.45) is 4.99 Å². The van der Waals surface area contributed by atoms with Gasteiger partial charge in [0.25, 0.3) is 5.69 Å². The second kappa shape index (κ2) is 9.98. The van der Waals surface area contributed by atoms with Crippen LogP contribution < -0.4 is 0 Å². The second-order valence-corrected chi connectivity index (χ2v) is 8.37. The Morgan fingerprint density at radius 1 is 1.24 bits per heavy atom. The zero-order chi connectivity index (χ0) is 24.2. The molecule has 0 saturated heterocycles. The minimum absolute atomic E-state index is 0.0248. The first-order chi connectivity index (χ1) is 16.4. The molecule has 1 aromatic heterocycles. The molecule has 0 unspecified atom stereocenters. The van der Waals surface area contributed by atoms with Crippen LogP contribution in [0, 0.1) is 10.1 Å². The fourth-order valence-electron chi connectivity index (χ4n) is 3.13. The molecule has 0 bridgehead atoms. The van der Waals surface area contributed by atoms with E-state index in [9.17, 15) is 20.0 Å². The number of nitro groups is 1. The number of aliphatic hydroxyl groups excluding tert-OH is 1. The number of nitro benzene ring substituents is 1. The van der Waals surface area contributed by atoms with Crippen molar-refractivity contribution in [3.05, 3.63) is 97.8 Å². The SMILES string of the molecule is CCOC(=O)C1=C(O)/C(=C/c2ccc(-c3ccc(Cl)c([N+](=O)[O-])c3)o2)SC1=Nc1ccccc1. The third-order valence-corrected chi connectivity index (χ3v) is 6.02. The molecule has 0 amide bonds. The number of aliphatic imine (C=N–C) groups is 1. The van der Waals surface area contributed by atoms with Gasteiger partial charge >= 0.3 is 5.97 Å². The number of para-hydroxylation sites is 1. The maximum absolute atomic E-state index is 12.5. The van der Waals surface area contributed by atoms with Crippen LogP contribution in [0.15, 0.2) is 86.3 Å². The average molecular weight is 497 g/mol. The maximum atomic E-state index is 12.5. The summed E-state index contributed by atoms with van der Waals surface area (Å²) in [4.78, 5) is 27.9. The molecular formula is C24H17ClN2O6S. The van der Waals surface area contributed by atoms with Crippen molar-refractivity contribution < 1.29 is 24.0 Å². The number of nitrogens with zero attached hydrogens (tertiary/aromatic N) is 2. The predicted octanol–water partition coefficient (Wildman–Crippen LogP) is 6.70. The van der Waals surface area contributed by atoms with Crippen LogP contribution in [0.1, 0.15) is 12.7 Å². The Hall–Kier alpha value is -3.82. The van der Waals surface area contributed by atoms with Crippen LogP contribution in [0.4, 0.5) is 11.4 Å². The van der Waals surface area contributed by atoms with Gasteiger partial charge in [0.05, 0.1) is 22.1 Å². The summed E-state index contributed by atoms with van der Waals surface area (Å²) in [6.07, 6.45) is 1.56. The third-order valence-electron chi connectivity index (χ3n) is 4.68. The van der Waals surface area contributed by atoms with Crippen molar-refractivity contribution in [2.45, 2.75) is 6.92 Å². The van der Waals surface area contributed by atoms with Crippen molar-refractivity contribution in [1.82, 2.24) is 0 Å². The highest BCUT2D eigenvalue weighted by Gasteiger charge is 2.33. The molecule has 2 heterocycles. The van der Waals surface area contributed by atoms with Crippen LogP contribution in [-0.2, 0) is 9.53 Å². The molecule has 4 rings (SSSR count). The highest BCUT2D eigenvalue weighted by Crippen LogP contribution is 2.41. The summed E-state index contributed by atoms with van der Waals surface area (Å²) in [6, 6.07) is 16.7. The van der Waals surface area contributed by atoms with Gasteiger partial charge in [0, 0.05) is 11.6 Å². The number of halogens is 1. The molecule has 3 aromatic rings. The number of esters is 1. The van der Waals surface area contributed by atoms with E-state index in [1.165, 1.54) is 12.1 Å². The first kappa shape index (κ1) is 23.3. The standard InChI is InChI=1S/C24H17ClN2O6S/c1-2-32-24(29)21-22(28)20(34-23(21)26-15-6-4-3-5-7-15)13-16-9-11-19(33-16)14-8-10-17(25)18(12-14)27(30)31/h3-13,28H,2H2,1H3/b20-13-,26-23?. The number of benzene rings is 2. The lowest BCUT2D eigenvalue weighted by molar-refractivity contribution is -0.384. The Morgan fingerprint density at radius 3 is 2.71 bits per heavy atom. The van der Waals surface area contributed by atoms with Crippen LogP contribution >= 0.6 is 23.4 Å². The lowest BCUT2D eigenvalue weighted by Crippen LogP contribution is -2.12. The van der Waals surface area contributed by atoms with Crippen LogP contribution in [0.3, 0.4) is 0 Å².